The van der Waals surface area contributed by atoms with E-state index in [2.05, 4.69) is 16.6 Å². The highest BCUT2D eigenvalue weighted by molar-refractivity contribution is 6.31. The lowest BCUT2D eigenvalue weighted by Crippen LogP contribution is -2.20. The van der Waals surface area contributed by atoms with Crippen LogP contribution in [0.4, 0.5) is 0 Å². The summed E-state index contributed by atoms with van der Waals surface area (Å²) in [6.45, 7) is 2.41. The average Bonchev–Trinajstić information content (AvgIpc) is 2.79. The fourth-order valence-corrected chi connectivity index (χ4v) is 3.29. The van der Waals surface area contributed by atoms with Crippen LogP contribution in [0.1, 0.15) is 22.3 Å². The molecule has 6 nitrogen and oxygen atoms in total. The summed E-state index contributed by atoms with van der Waals surface area (Å²) in [7, 11) is 3.14. The number of aryl methyl sites for hydroxylation is 1. The molecule has 0 heterocycles. The van der Waals surface area contributed by atoms with E-state index in [9.17, 15) is 4.79 Å². The number of methoxy groups -OCH3 is 2. The molecule has 1 N–H and O–H groups in total. The topological polar surface area (TPSA) is 69.2 Å². The van der Waals surface area contributed by atoms with Gasteiger partial charge in [0.2, 0.25) is 5.91 Å². The number of benzene rings is 3. The molecule has 0 bridgehead atoms. The van der Waals surface area contributed by atoms with Crippen molar-refractivity contribution in [1.82, 2.24) is 5.43 Å². The van der Waals surface area contributed by atoms with Crippen LogP contribution in [-0.2, 0) is 17.8 Å². The number of nitrogens with zero attached hydrogens (tertiary/aromatic N) is 1. The van der Waals surface area contributed by atoms with E-state index in [0.717, 1.165) is 11.1 Å². The van der Waals surface area contributed by atoms with Gasteiger partial charge in [-0.15, -0.1) is 0 Å². The molecule has 0 fully saturated rings. The van der Waals surface area contributed by atoms with Crippen LogP contribution in [0, 0.1) is 6.92 Å². The molecule has 7 heteroatoms. The number of hydrazone groups is 1. The molecule has 0 unspecified atom stereocenters. The Morgan fingerprint density at radius 2 is 1.88 bits per heavy atom. The maximum absolute atomic E-state index is 12.3. The first-order chi connectivity index (χ1) is 15.5. The minimum atomic E-state index is -0.304. The first-order valence-corrected chi connectivity index (χ1v) is 10.4. The minimum absolute atomic E-state index is 0.0716. The summed E-state index contributed by atoms with van der Waals surface area (Å²) in [6.07, 6.45) is 1.60. The second-order valence-electron chi connectivity index (χ2n) is 7.08. The zero-order valence-electron chi connectivity index (χ0n) is 18.2. The number of amides is 1. The van der Waals surface area contributed by atoms with E-state index in [4.69, 9.17) is 25.8 Å². The van der Waals surface area contributed by atoms with Gasteiger partial charge in [-0.05, 0) is 48.4 Å². The Morgan fingerprint density at radius 3 is 2.62 bits per heavy atom. The van der Waals surface area contributed by atoms with E-state index in [0.29, 0.717) is 40.0 Å². The van der Waals surface area contributed by atoms with Crippen molar-refractivity contribution in [3.63, 3.8) is 0 Å². The van der Waals surface area contributed by atoms with Gasteiger partial charge in [0, 0.05) is 10.6 Å². The standard InChI is InChI=1S/C25H25ClN2O4/c1-17-6-4-7-18(12-17)16-32-25-19(8-5-9-23(25)31-3)15-27-28-24(29)14-20-13-21(30-2)10-11-22(20)26/h4-13,15H,14,16H2,1-3H3,(H,28,29)/b27-15+. The van der Waals surface area contributed by atoms with Crippen molar-refractivity contribution >= 4 is 23.7 Å². The van der Waals surface area contributed by atoms with Gasteiger partial charge in [-0.2, -0.15) is 5.10 Å². The number of halogens is 1. The Balaban J connectivity index is 1.69. The lowest BCUT2D eigenvalue weighted by Gasteiger charge is -2.13. The highest BCUT2D eigenvalue weighted by atomic mass is 35.5. The van der Waals surface area contributed by atoms with Gasteiger partial charge < -0.3 is 14.2 Å². The fourth-order valence-electron chi connectivity index (χ4n) is 3.11. The van der Waals surface area contributed by atoms with Crippen molar-refractivity contribution < 1.29 is 19.0 Å². The molecule has 0 radical (unpaired) electrons. The summed E-state index contributed by atoms with van der Waals surface area (Å²) < 4.78 is 16.7. The van der Waals surface area contributed by atoms with Crippen LogP contribution < -0.4 is 19.6 Å². The second-order valence-corrected chi connectivity index (χ2v) is 7.49. The molecule has 3 rings (SSSR count). The number of rotatable bonds is 9. The van der Waals surface area contributed by atoms with Gasteiger partial charge >= 0.3 is 0 Å². The van der Waals surface area contributed by atoms with Crippen LogP contribution in [0.5, 0.6) is 17.2 Å². The first-order valence-electron chi connectivity index (χ1n) is 10.00. The summed E-state index contributed by atoms with van der Waals surface area (Å²) in [6, 6.07) is 18.7. The zero-order valence-corrected chi connectivity index (χ0v) is 19.0. The first kappa shape index (κ1) is 23.2. The monoisotopic (exact) mass is 452 g/mol. The third-order valence-electron chi connectivity index (χ3n) is 4.69. The molecule has 0 aromatic heterocycles. The van der Waals surface area contributed by atoms with E-state index in [1.54, 1.807) is 32.4 Å². The van der Waals surface area contributed by atoms with Gasteiger partial charge in [-0.3, -0.25) is 4.79 Å². The number of hydrogen-bond acceptors (Lipinski definition) is 5. The van der Waals surface area contributed by atoms with Gasteiger partial charge in [0.15, 0.2) is 11.5 Å². The average molecular weight is 453 g/mol. The van der Waals surface area contributed by atoms with Crippen molar-refractivity contribution in [2.45, 2.75) is 20.0 Å². The van der Waals surface area contributed by atoms with Crippen molar-refractivity contribution in [1.29, 1.82) is 0 Å². The predicted octanol–water partition coefficient (Wildman–Crippen LogP) is 4.94. The molecule has 166 valence electrons. The third-order valence-corrected chi connectivity index (χ3v) is 5.06. The molecule has 0 aliphatic rings. The van der Waals surface area contributed by atoms with Gasteiger partial charge in [-0.25, -0.2) is 5.43 Å². The number of para-hydroxylation sites is 1. The number of carbonyl (C=O) groups excluding carboxylic acids is 1. The molecule has 0 spiro atoms. The Bertz CT molecular complexity index is 1110. The Labute approximate surface area is 192 Å². The Hall–Kier alpha value is -3.51. The summed E-state index contributed by atoms with van der Waals surface area (Å²) in [5, 5.41) is 4.57. The zero-order chi connectivity index (χ0) is 22.9. The maximum atomic E-state index is 12.3. The van der Waals surface area contributed by atoms with Crippen LogP contribution in [0.25, 0.3) is 0 Å². The van der Waals surface area contributed by atoms with E-state index < -0.39 is 0 Å². The fraction of sp³-hybridized carbons (Fsp3) is 0.200. The number of nitrogens with one attached hydrogen (secondary N) is 1. The molecule has 0 aliphatic heterocycles. The summed E-state index contributed by atoms with van der Waals surface area (Å²) in [5.41, 5.74) is 6.06. The highest BCUT2D eigenvalue weighted by Crippen LogP contribution is 2.31. The van der Waals surface area contributed by atoms with Crippen molar-refractivity contribution in [2.75, 3.05) is 14.2 Å². The molecule has 1 amide bonds. The summed E-state index contributed by atoms with van der Waals surface area (Å²) in [4.78, 5) is 12.3. The quantitative estimate of drug-likeness (QED) is 0.369. The SMILES string of the molecule is COc1ccc(Cl)c(CC(=O)N/N=C/c2cccc(OC)c2OCc2cccc(C)c2)c1. The van der Waals surface area contributed by atoms with Crippen molar-refractivity contribution in [2.24, 2.45) is 5.10 Å². The van der Waals surface area contributed by atoms with Gasteiger partial charge in [0.05, 0.1) is 26.9 Å². The smallest absolute Gasteiger partial charge is 0.244 e. The molecule has 0 atom stereocenters. The van der Waals surface area contributed by atoms with Crippen LogP contribution in [-0.4, -0.2) is 26.3 Å². The molecular weight excluding hydrogens is 428 g/mol. The normalized spacial score (nSPS) is 10.8. The van der Waals surface area contributed by atoms with Crippen molar-refractivity contribution in [3.05, 3.63) is 87.9 Å². The van der Waals surface area contributed by atoms with Crippen LogP contribution in [0.15, 0.2) is 65.8 Å². The number of carbonyl (C=O) groups is 1. The molecular formula is C25H25ClN2O4. The molecule has 32 heavy (non-hydrogen) atoms. The predicted molar refractivity (Wildman–Crippen MR) is 126 cm³/mol. The summed E-state index contributed by atoms with van der Waals surface area (Å²) in [5.74, 6) is 1.45. The van der Waals surface area contributed by atoms with E-state index in [-0.39, 0.29) is 12.3 Å². The van der Waals surface area contributed by atoms with Gasteiger partial charge in [0.1, 0.15) is 12.4 Å². The molecule has 3 aromatic rings. The highest BCUT2D eigenvalue weighted by Gasteiger charge is 2.11. The molecule has 0 saturated carbocycles. The van der Waals surface area contributed by atoms with Gasteiger partial charge in [0.25, 0.3) is 0 Å². The maximum Gasteiger partial charge on any atom is 0.244 e. The Morgan fingerprint density at radius 1 is 1.06 bits per heavy atom. The van der Waals surface area contributed by atoms with E-state index >= 15 is 0 Å². The summed E-state index contributed by atoms with van der Waals surface area (Å²) >= 11 is 6.17. The minimum Gasteiger partial charge on any atom is -0.497 e. The lowest BCUT2D eigenvalue weighted by atomic mass is 10.1. The van der Waals surface area contributed by atoms with Crippen molar-refractivity contribution in [3.8, 4) is 17.2 Å². The second kappa shape index (κ2) is 11.2. The molecule has 0 aliphatic carbocycles. The third kappa shape index (κ3) is 6.25. The van der Waals surface area contributed by atoms with Crippen LogP contribution in [0.2, 0.25) is 5.02 Å². The van der Waals surface area contributed by atoms with Gasteiger partial charge in [-0.1, -0.05) is 47.5 Å². The van der Waals surface area contributed by atoms with E-state index in [1.807, 2.05) is 43.3 Å². The number of hydrogen-bond donors (Lipinski definition) is 1. The molecule has 3 aromatic carbocycles. The van der Waals surface area contributed by atoms with Crippen LogP contribution in [0.3, 0.4) is 0 Å². The molecule has 0 saturated heterocycles. The Kier molecular flexibility index (Phi) is 8.11. The lowest BCUT2D eigenvalue weighted by molar-refractivity contribution is -0.120. The largest absolute Gasteiger partial charge is 0.497 e. The van der Waals surface area contributed by atoms with Crippen LogP contribution >= 0.6 is 11.6 Å². The number of ether oxygens (including phenoxy) is 3. The van der Waals surface area contributed by atoms with E-state index in [1.165, 1.54) is 6.21 Å².